The van der Waals surface area contributed by atoms with Gasteiger partial charge in [0.2, 0.25) is 5.91 Å². The van der Waals surface area contributed by atoms with Crippen molar-refractivity contribution in [1.29, 1.82) is 0 Å². The zero-order valence-corrected chi connectivity index (χ0v) is 16.0. The Labute approximate surface area is 151 Å². The maximum atomic E-state index is 13.1. The molecule has 0 saturated carbocycles. The second-order valence-electron chi connectivity index (χ2n) is 7.65. The number of aliphatic hydroxyl groups excluding tert-OH is 1. The quantitative estimate of drug-likeness (QED) is 0.903. The minimum atomic E-state index is -0.00108. The Kier molecular flexibility index (Phi) is 5.46. The fourth-order valence-corrected chi connectivity index (χ4v) is 4.59. The molecule has 2 aliphatic rings. The van der Waals surface area contributed by atoms with E-state index < -0.39 is 0 Å². The van der Waals surface area contributed by atoms with E-state index in [4.69, 9.17) is 0 Å². The molecular weight excluding hydrogens is 314 g/mol. The lowest BCUT2D eigenvalue weighted by Crippen LogP contribution is -2.56. The number of carbonyl (C=O) groups is 1. The van der Waals surface area contributed by atoms with Crippen molar-refractivity contribution in [1.82, 2.24) is 9.80 Å². The second kappa shape index (κ2) is 7.44. The number of hydrogen-bond donors (Lipinski definition) is 1. The van der Waals surface area contributed by atoms with Crippen LogP contribution in [-0.4, -0.2) is 72.2 Å². The van der Waals surface area contributed by atoms with E-state index in [1.807, 2.05) is 4.90 Å². The molecule has 0 aliphatic carbocycles. The second-order valence-corrected chi connectivity index (χ2v) is 7.65. The van der Waals surface area contributed by atoms with Crippen LogP contribution in [0.4, 0.5) is 5.69 Å². The third kappa shape index (κ3) is 3.59. The molecule has 138 valence electrons. The number of nitrogens with zero attached hydrogens (tertiary/aromatic N) is 3. The number of β-amino-alcohol motifs (C(OH)–C–C–N with tert-alkyl or cyclic N) is 1. The topological polar surface area (TPSA) is 47.0 Å². The summed E-state index contributed by atoms with van der Waals surface area (Å²) in [6.07, 6.45) is 0.901. The number of carbonyl (C=O) groups excluding carboxylic acids is 1. The standard InChI is InChI=1S/C20H31N3O2/c1-14-11-15(2)19(16(3)12-14)23-6-5-18(20(23)25)22-8-7-21(9-10-24)17(4)13-22/h11-12,17-18,24H,5-10,13H2,1-4H3/t17-,18+/m1/s1. The van der Waals surface area contributed by atoms with Crippen LogP contribution in [0.5, 0.6) is 0 Å². The molecule has 2 aliphatic heterocycles. The van der Waals surface area contributed by atoms with Gasteiger partial charge in [0, 0.05) is 44.5 Å². The van der Waals surface area contributed by atoms with Crippen molar-refractivity contribution in [3.8, 4) is 0 Å². The predicted octanol–water partition coefficient (Wildman–Crippen LogP) is 1.72. The molecule has 2 fully saturated rings. The van der Waals surface area contributed by atoms with Crippen molar-refractivity contribution < 1.29 is 9.90 Å². The van der Waals surface area contributed by atoms with E-state index in [0.717, 1.165) is 44.8 Å². The first kappa shape index (κ1) is 18.4. The van der Waals surface area contributed by atoms with Crippen molar-refractivity contribution in [2.24, 2.45) is 0 Å². The van der Waals surface area contributed by atoms with Gasteiger partial charge in [-0.1, -0.05) is 17.7 Å². The molecule has 1 aromatic rings. The summed E-state index contributed by atoms with van der Waals surface area (Å²) in [5.74, 6) is 0.248. The van der Waals surface area contributed by atoms with E-state index in [2.05, 4.69) is 49.6 Å². The highest BCUT2D eigenvalue weighted by Gasteiger charge is 2.39. The van der Waals surface area contributed by atoms with Crippen LogP contribution in [0.15, 0.2) is 12.1 Å². The smallest absolute Gasteiger partial charge is 0.244 e. The molecule has 0 radical (unpaired) electrons. The van der Waals surface area contributed by atoms with E-state index in [1.165, 1.54) is 16.7 Å². The molecule has 5 heteroatoms. The molecule has 2 heterocycles. The van der Waals surface area contributed by atoms with Crippen LogP contribution in [0, 0.1) is 20.8 Å². The number of aliphatic hydroxyl groups is 1. The Morgan fingerprint density at radius 2 is 1.80 bits per heavy atom. The summed E-state index contributed by atoms with van der Waals surface area (Å²) in [7, 11) is 0. The van der Waals surface area contributed by atoms with Crippen LogP contribution in [0.3, 0.4) is 0 Å². The Balaban J connectivity index is 1.73. The molecule has 2 atom stereocenters. The van der Waals surface area contributed by atoms with Gasteiger partial charge in [-0.05, 0) is 45.2 Å². The van der Waals surface area contributed by atoms with Crippen molar-refractivity contribution in [3.05, 3.63) is 28.8 Å². The lowest BCUT2D eigenvalue weighted by atomic mass is 10.0. The first-order valence-corrected chi connectivity index (χ1v) is 9.40. The lowest BCUT2D eigenvalue weighted by Gasteiger charge is -2.41. The van der Waals surface area contributed by atoms with E-state index in [1.54, 1.807) is 0 Å². The summed E-state index contributed by atoms with van der Waals surface area (Å²) in [5, 5.41) is 9.17. The van der Waals surface area contributed by atoms with Gasteiger partial charge >= 0.3 is 0 Å². The molecule has 1 amide bonds. The van der Waals surface area contributed by atoms with Gasteiger partial charge in [-0.25, -0.2) is 0 Å². The van der Waals surface area contributed by atoms with Crippen LogP contribution in [0.25, 0.3) is 0 Å². The largest absolute Gasteiger partial charge is 0.395 e. The molecule has 1 aromatic carbocycles. The fraction of sp³-hybridized carbons (Fsp3) is 0.650. The molecule has 1 N–H and O–H groups in total. The summed E-state index contributed by atoms with van der Waals surface area (Å²) >= 11 is 0. The molecule has 3 rings (SSSR count). The zero-order chi connectivity index (χ0) is 18.1. The van der Waals surface area contributed by atoms with Crippen LogP contribution in [0.2, 0.25) is 0 Å². The number of amides is 1. The van der Waals surface area contributed by atoms with Gasteiger partial charge in [0.25, 0.3) is 0 Å². The number of anilines is 1. The van der Waals surface area contributed by atoms with Gasteiger partial charge in [-0.15, -0.1) is 0 Å². The van der Waals surface area contributed by atoms with Crippen molar-refractivity contribution in [2.45, 2.75) is 46.2 Å². The van der Waals surface area contributed by atoms with Gasteiger partial charge in [-0.3, -0.25) is 14.6 Å². The first-order valence-electron chi connectivity index (χ1n) is 9.40. The van der Waals surface area contributed by atoms with E-state index >= 15 is 0 Å². The average molecular weight is 345 g/mol. The third-order valence-corrected chi connectivity index (χ3v) is 5.71. The number of aryl methyl sites for hydroxylation is 3. The SMILES string of the molecule is Cc1cc(C)c(N2CC[C@H](N3CCN(CCO)[C@H](C)C3)C2=O)c(C)c1. The molecule has 2 saturated heterocycles. The van der Waals surface area contributed by atoms with E-state index in [9.17, 15) is 9.90 Å². The highest BCUT2D eigenvalue weighted by atomic mass is 16.3. The Morgan fingerprint density at radius 1 is 1.12 bits per heavy atom. The molecule has 0 bridgehead atoms. The van der Waals surface area contributed by atoms with Gasteiger partial charge in [0.05, 0.1) is 12.6 Å². The first-order chi connectivity index (χ1) is 11.9. The number of rotatable bonds is 4. The minimum absolute atomic E-state index is 0.00108. The van der Waals surface area contributed by atoms with Gasteiger partial charge in [-0.2, -0.15) is 0 Å². The molecule has 25 heavy (non-hydrogen) atoms. The summed E-state index contributed by atoms with van der Waals surface area (Å²) in [6, 6.07) is 4.71. The number of hydrogen-bond acceptors (Lipinski definition) is 4. The number of piperazine rings is 1. The van der Waals surface area contributed by atoms with Crippen molar-refractivity contribution >= 4 is 11.6 Å². The molecule has 0 spiro atoms. The van der Waals surface area contributed by atoms with Crippen LogP contribution >= 0.6 is 0 Å². The van der Waals surface area contributed by atoms with Gasteiger partial charge in [0.15, 0.2) is 0 Å². The zero-order valence-electron chi connectivity index (χ0n) is 16.0. The maximum Gasteiger partial charge on any atom is 0.244 e. The third-order valence-electron chi connectivity index (χ3n) is 5.71. The van der Waals surface area contributed by atoms with Crippen LogP contribution in [0.1, 0.15) is 30.0 Å². The van der Waals surface area contributed by atoms with Crippen molar-refractivity contribution in [2.75, 3.05) is 44.2 Å². The number of benzene rings is 1. The minimum Gasteiger partial charge on any atom is -0.395 e. The summed E-state index contributed by atoms with van der Waals surface area (Å²) < 4.78 is 0. The monoisotopic (exact) mass is 345 g/mol. The Hall–Kier alpha value is -1.43. The lowest BCUT2D eigenvalue weighted by molar-refractivity contribution is -0.122. The molecular formula is C20H31N3O2. The van der Waals surface area contributed by atoms with Gasteiger partial charge < -0.3 is 10.0 Å². The maximum absolute atomic E-state index is 13.1. The summed E-state index contributed by atoms with van der Waals surface area (Å²) in [4.78, 5) is 19.8. The molecule has 0 aromatic heterocycles. The Morgan fingerprint density at radius 3 is 2.40 bits per heavy atom. The van der Waals surface area contributed by atoms with Crippen LogP contribution in [-0.2, 0) is 4.79 Å². The molecule has 5 nitrogen and oxygen atoms in total. The Bertz CT molecular complexity index is 623. The van der Waals surface area contributed by atoms with E-state index in [0.29, 0.717) is 6.04 Å². The predicted molar refractivity (Wildman–Crippen MR) is 101 cm³/mol. The van der Waals surface area contributed by atoms with Crippen molar-refractivity contribution in [3.63, 3.8) is 0 Å². The summed E-state index contributed by atoms with van der Waals surface area (Å²) in [5.41, 5.74) is 4.72. The summed E-state index contributed by atoms with van der Waals surface area (Å²) in [6.45, 7) is 13.0. The van der Waals surface area contributed by atoms with Crippen LogP contribution < -0.4 is 4.90 Å². The van der Waals surface area contributed by atoms with E-state index in [-0.39, 0.29) is 18.6 Å². The fourth-order valence-electron chi connectivity index (χ4n) is 4.59. The highest BCUT2D eigenvalue weighted by Crippen LogP contribution is 2.31. The average Bonchev–Trinajstić information content (AvgIpc) is 2.90. The normalized spacial score (nSPS) is 25.8. The molecule has 0 unspecified atom stereocenters. The van der Waals surface area contributed by atoms with Gasteiger partial charge in [0.1, 0.15) is 0 Å². The highest BCUT2D eigenvalue weighted by molar-refractivity contribution is 6.00.